The number of benzene rings is 2. The number of carbonyl (C=O) groups is 3. The molecule has 0 aliphatic carbocycles. The molecule has 1 heterocycles. The van der Waals surface area contributed by atoms with Gasteiger partial charge in [0.2, 0.25) is 5.78 Å². The first-order valence-corrected chi connectivity index (χ1v) is 9.81. The molecular weight excluding hydrogens is 398 g/mol. The molecule has 0 aliphatic heterocycles. The summed E-state index contributed by atoms with van der Waals surface area (Å²) in [4.78, 5) is 39.5. The summed E-state index contributed by atoms with van der Waals surface area (Å²) in [7, 11) is 0. The van der Waals surface area contributed by atoms with Gasteiger partial charge in [-0.2, -0.15) is 5.10 Å². The summed E-state index contributed by atoms with van der Waals surface area (Å²) < 4.78 is 7.56. The molecule has 1 aromatic heterocycles. The normalized spacial score (nSPS) is 10.8. The molecule has 0 atom stereocenters. The molecule has 3 rings (SSSR count). The van der Waals surface area contributed by atoms with Crippen molar-refractivity contribution in [3.8, 4) is 5.75 Å². The lowest BCUT2D eigenvalue weighted by Gasteiger charge is -2.19. The fourth-order valence-corrected chi connectivity index (χ4v) is 3.19. The monoisotopic (exact) mass is 421 g/mol. The van der Waals surface area contributed by atoms with Crippen LogP contribution < -0.4 is 4.74 Å². The van der Waals surface area contributed by atoms with Crippen molar-refractivity contribution in [2.24, 2.45) is 0 Å². The minimum absolute atomic E-state index is 0.187. The second-order valence-corrected chi connectivity index (χ2v) is 7.38. The van der Waals surface area contributed by atoms with E-state index in [1.807, 2.05) is 50.2 Å². The first-order valence-electron chi connectivity index (χ1n) is 9.81. The summed E-state index contributed by atoms with van der Waals surface area (Å²) >= 11 is 0. The highest BCUT2D eigenvalue weighted by atomic mass is 16.5. The van der Waals surface area contributed by atoms with Gasteiger partial charge in [-0.15, -0.1) is 0 Å². The molecule has 8 nitrogen and oxygen atoms in total. The maximum atomic E-state index is 12.9. The molecule has 0 saturated carbocycles. The van der Waals surface area contributed by atoms with Gasteiger partial charge in [0.25, 0.3) is 0 Å². The van der Waals surface area contributed by atoms with Crippen LogP contribution in [0.4, 0.5) is 0 Å². The van der Waals surface area contributed by atoms with E-state index in [1.165, 1.54) is 6.33 Å². The van der Waals surface area contributed by atoms with Gasteiger partial charge in [-0.25, -0.2) is 14.5 Å². The third kappa shape index (κ3) is 5.85. The molecule has 1 N–H and O–H groups in total. The van der Waals surface area contributed by atoms with E-state index in [1.54, 1.807) is 17.1 Å². The van der Waals surface area contributed by atoms with Gasteiger partial charge in [-0.3, -0.25) is 9.59 Å². The van der Waals surface area contributed by atoms with E-state index in [0.29, 0.717) is 24.3 Å². The molecule has 31 heavy (non-hydrogen) atoms. The van der Waals surface area contributed by atoms with Crippen LogP contribution in [0.5, 0.6) is 5.75 Å². The highest BCUT2D eigenvalue weighted by Gasteiger charge is 2.24. The van der Waals surface area contributed by atoms with Crippen molar-refractivity contribution in [3.63, 3.8) is 0 Å². The van der Waals surface area contributed by atoms with Gasteiger partial charge in [0.1, 0.15) is 18.4 Å². The first kappa shape index (κ1) is 21.9. The molecule has 0 unspecified atom stereocenters. The van der Waals surface area contributed by atoms with Crippen LogP contribution in [0.1, 0.15) is 47.3 Å². The molecule has 0 amide bonds. The number of ketones is 2. The minimum Gasteiger partial charge on any atom is -0.490 e. The Morgan fingerprint density at radius 2 is 1.84 bits per heavy atom. The van der Waals surface area contributed by atoms with E-state index in [9.17, 15) is 14.4 Å². The molecule has 8 heteroatoms. The summed E-state index contributed by atoms with van der Waals surface area (Å²) in [6.45, 7) is 3.96. The van der Waals surface area contributed by atoms with Crippen LogP contribution in [0.2, 0.25) is 0 Å². The van der Waals surface area contributed by atoms with Gasteiger partial charge in [-0.1, -0.05) is 30.3 Å². The fourth-order valence-electron chi connectivity index (χ4n) is 3.19. The second-order valence-electron chi connectivity index (χ2n) is 7.38. The standard InChI is InChI=1S/C23H23N3O5/c1-15(2)31-22-18(12-26-14-24-13-25-26)9-17(8-16-6-4-3-5-7-16)10-19(22)20(27)11-21(28)23(29)30/h3-7,9-10,13-15H,8,11-12H2,1-2H3,(H,29,30). The summed E-state index contributed by atoms with van der Waals surface area (Å²) in [6.07, 6.45) is 2.55. The Kier molecular flexibility index (Phi) is 6.92. The number of carboxylic acids is 1. The largest absolute Gasteiger partial charge is 0.490 e. The molecule has 0 fully saturated rings. The number of carboxylic acid groups (broad SMARTS) is 1. The number of hydrogen-bond acceptors (Lipinski definition) is 6. The molecule has 2 aromatic carbocycles. The first-order chi connectivity index (χ1) is 14.8. The van der Waals surface area contributed by atoms with E-state index in [-0.39, 0.29) is 11.7 Å². The van der Waals surface area contributed by atoms with E-state index >= 15 is 0 Å². The van der Waals surface area contributed by atoms with Gasteiger partial charge in [-0.05, 0) is 43.5 Å². The van der Waals surface area contributed by atoms with Gasteiger partial charge >= 0.3 is 5.97 Å². The number of ether oxygens (including phenoxy) is 1. The lowest BCUT2D eigenvalue weighted by atomic mass is 9.95. The van der Waals surface area contributed by atoms with Crippen LogP contribution in [0.15, 0.2) is 55.1 Å². The smallest absolute Gasteiger partial charge is 0.372 e. The molecule has 0 radical (unpaired) electrons. The maximum absolute atomic E-state index is 12.9. The third-order valence-corrected chi connectivity index (χ3v) is 4.49. The minimum atomic E-state index is -1.64. The Hall–Kier alpha value is -3.81. The molecule has 0 saturated heterocycles. The molecular formula is C23H23N3O5. The number of Topliss-reactive ketones (excluding diaryl/α,β-unsaturated/α-hetero) is 2. The summed E-state index contributed by atoms with van der Waals surface area (Å²) in [5.41, 5.74) is 2.76. The average Bonchev–Trinajstić information content (AvgIpc) is 3.23. The van der Waals surface area contributed by atoms with Crippen LogP contribution in [-0.4, -0.2) is 43.5 Å². The zero-order valence-electron chi connectivity index (χ0n) is 17.3. The number of carbonyl (C=O) groups excluding carboxylic acids is 2. The van der Waals surface area contributed by atoms with Crippen molar-refractivity contribution in [1.29, 1.82) is 0 Å². The van der Waals surface area contributed by atoms with Crippen molar-refractivity contribution in [2.45, 2.75) is 39.3 Å². The summed E-state index contributed by atoms with van der Waals surface area (Å²) in [5.74, 6) is -3.07. The second kappa shape index (κ2) is 9.80. The van der Waals surface area contributed by atoms with Crippen molar-refractivity contribution in [3.05, 3.63) is 77.4 Å². The molecule has 0 spiro atoms. The fraction of sp³-hybridized carbons (Fsp3) is 0.261. The molecule has 0 aliphatic rings. The lowest BCUT2D eigenvalue weighted by molar-refractivity contribution is -0.148. The maximum Gasteiger partial charge on any atom is 0.372 e. The van der Waals surface area contributed by atoms with E-state index in [0.717, 1.165) is 11.1 Å². The van der Waals surface area contributed by atoms with Crippen LogP contribution in [0, 0.1) is 0 Å². The van der Waals surface area contributed by atoms with E-state index in [4.69, 9.17) is 9.84 Å². The predicted octanol–water partition coefficient (Wildman–Crippen LogP) is 2.93. The number of rotatable bonds is 10. The van der Waals surface area contributed by atoms with Crippen molar-refractivity contribution >= 4 is 17.5 Å². The van der Waals surface area contributed by atoms with E-state index in [2.05, 4.69) is 10.1 Å². The highest BCUT2D eigenvalue weighted by molar-refractivity contribution is 6.37. The van der Waals surface area contributed by atoms with Crippen LogP contribution >= 0.6 is 0 Å². The Morgan fingerprint density at radius 3 is 2.45 bits per heavy atom. The van der Waals surface area contributed by atoms with Crippen LogP contribution in [-0.2, 0) is 22.6 Å². The zero-order chi connectivity index (χ0) is 22.4. The SMILES string of the molecule is CC(C)Oc1c(Cn2cncn2)cc(Cc2ccccc2)cc1C(=O)CC(=O)C(=O)O. The van der Waals surface area contributed by atoms with Crippen molar-refractivity contribution in [1.82, 2.24) is 14.8 Å². The summed E-state index contributed by atoms with van der Waals surface area (Å²) in [6, 6.07) is 13.3. The quantitative estimate of drug-likeness (QED) is 0.304. The number of aliphatic carboxylic acids is 1. The average molecular weight is 421 g/mol. The van der Waals surface area contributed by atoms with Gasteiger partial charge in [0, 0.05) is 5.56 Å². The zero-order valence-corrected chi connectivity index (χ0v) is 17.3. The van der Waals surface area contributed by atoms with Crippen LogP contribution in [0.25, 0.3) is 0 Å². The van der Waals surface area contributed by atoms with Crippen LogP contribution in [0.3, 0.4) is 0 Å². The molecule has 3 aromatic rings. The Morgan fingerprint density at radius 1 is 1.10 bits per heavy atom. The predicted molar refractivity (Wildman–Crippen MR) is 112 cm³/mol. The number of hydrogen-bond donors (Lipinski definition) is 1. The van der Waals surface area contributed by atoms with Gasteiger partial charge in [0.05, 0.1) is 24.6 Å². The highest BCUT2D eigenvalue weighted by Crippen LogP contribution is 2.30. The molecule has 160 valence electrons. The Labute approximate surface area is 179 Å². The Bertz CT molecular complexity index is 1080. The number of aromatic nitrogens is 3. The lowest BCUT2D eigenvalue weighted by Crippen LogP contribution is -2.19. The van der Waals surface area contributed by atoms with Crippen molar-refractivity contribution in [2.75, 3.05) is 0 Å². The molecule has 0 bridgehead atoms. The summed E-state index contributed by atoms with van der Waals surface area (Å²) in [5, 5.41) is 13.0. The topological polar surface area (TPSA) is 111 Å². The number of nitrogens with zero attached hydrogens (tertiary/aromatic N) is 3. The third-order valence-electron chi connectivity index (χ3n) is 4.49. The van der Waals surface area contributed by atoms with Gasteiger partial charge < -0.3 is 9.84 Å². The van der Waals surface area contributed by atoms with Crippen molar-refractivity contribution < 1.29 is 24.2 Å². The Balaban J connectivity index is 2.08. The van der Waals surface area contributed by atoms with E-state index < -0.39 is 24.0 Å². The van der Waals surface area contributed by atoms with Gasteiger partial charge in [0.15, 0.2) is 5.78 Å².